The molecule has 1 aliphatic rings. The monoisotopic (exact) mass is 267 g/mol. The summed E-state index contributed by atoms with van der Waals surface area (Å²) in [7, 11) is 0. The van der Waals surface area contributed by atoms with E-state index in [0.717, 1.165) is 17.9 Å². The summed E-state index contributed by atoms with van der Waals surface area (Å²) in [5.41, 5.74) is 0.476. The molecule has 0 spiro atoms. The summed E-state index contributed by atoms with van der Waals surface area (Å²) in [5.74, 6) is 1.86. The van der Waals surface area contributed by atoms with Gasteiger partial charge < -0.3 is 5.32 Å². The van der Waals surface area contributed by atoms with E-state index in [1.807, 2.05) is 0 Å². The van der Waals surface area contributed by atoms with Gasteiger partial charge in [0.2, 0.25) is 0 Å². The van der Waals surface area contributed by atoms with Crippen molar-refractivity contribution in [1.82, 2.24) is 5.32 Å². The minimum Gasteiger partial charge on any atom is -0.313 e. The molecule has 1 rings (SSSR count). The van der Waals surface area contributed by atoms with Gasteiger partial charge in [0.05, 0.1) is 0 Å². The molecule has 114 valence electrons. The van der Waals surface area contributed by atoms with E-state index in [2.05, 4.69) is 39.9 Å². The van der Waals surface area contributed by atoms with Gasteiger partial charge >= 0.3 is 0 Å². The van der Waals surface area contributed by atoms with Crippen LogP contribution in [0.25, 0.3) is 0 Å². The first-order chi connectivity index (χ1) is 8.94. The van der Waals surface area contributed by atoms with E-state index in [9.17, 15) is 0 Å². The first-order valence-electron chi connectivity index (χ1n) is 8.68. The van der Waals surface area contributed by atoms with Crippen LogP contribution >= 0.6 is 0 Å². The summed E-state index contributed by atoms with van der Waals surface area (Å²) in [5, 5.41) is 3.85. The topological polar surface area (TPSA) is 12.0 Å². The predicted octanol–water partition coefficient (Wildman–Crippen LogP) is 5.40. The van der Waals surface area contributed by atoms with Crippen LogP contribution in [0, 0.1) is 17.3 Å². The zero-order valence-corrected chi connectivity index (χ0v) is 14.1. The summed E-state index contributed by atoms with van der Waals surface area (Å²) in [6, 6.07) is 0.792. The van der Waals surface area contributed by atoms with Crippen LogP contribution in [-0.4, -0.2) is 12.6 Å². The van der Waals surface area contributed by atoms with Crippen LogP contribution in [0.15, 0.2) is 0 Å². The lowest BCUT2D eigenvalue weighted by atomic mass is 9.79. The van der Waals surface area contributed by atoms with Gasteiger partial charge in [0.1, 0.15) is 0 Å². The van der Waals surface area contributed by atoms with Crippen LogP contribution in [0.5, 0.6) is 0 Å². The highest BCUT2D eigenvalue weighted by atomic mass is 14.9. The molecule has 19 heavy (non-hydrogen) atoms. The van der Waals surface area contributed by atoms with Crippen LogP contribution in [0.2, 0.25) is 0 Å². The molecular weight excluding hydrogens is 230 g/mol. The maximum Gasteiger partial charge on any atom is 0.00674 e. The maximum atomic E-state index is 3.85. The van der Waals surface area contributed by atoms with E-state index in [1.165, 1.54) is 57.9 Å². The third-order valence-corrected chi connectivity index (χ3v) is 5.04. The van der Waals surface area contributed by atoms with Gasteiger partial charge in [0.25, 0.3) is 0 Å². The van der Waals surface area contributed by atoms with Crippen LogP contribution in [0.4, 0.5) is 0 Å². The molecule has 0 atom stereocenters. The van der Waals surface area contributed by atoms with Gasteiger partial charge in [0, 0.05) is 12.6 Å². The van der Waals surface area contributed by atoms with Gasteiger partial charge in [0.15, 0.2) is 0 Å². The maximum absolute atomic E-state index is 3.85. The van der Waals surface area contributed by atoms with Gasteiger partial charge in [-0.2, -0.15) is 0 Å². The first-order valence-corrected chi connectivity index (χ1v) is 8.68. The molecule has 0 bridgehead atoms. The first kappa shape index (κ1) is 17.0. The zero-order valence-electron chi connectivity index (χ0n) is 14.1. The Labute approximate surface area is 121 Å². The van der Waals surface area contributed by atoms with Gasteiger partial charge in [-0.1, -0.05) is 53.9 Å². The van der Waals surface area contributed by atoms with Crippen molar-refractivity contribution in [2.45, 2.75) is 92.0 Å². The second-order valence-electron chi connectivity index (χ2n) is 7.86. The lowest BCUT2D eigenvalue weighted by molar-refractivity contribution is 0.215. The fourth-order valence-electron chi connectivity index (χ4n) is 3.35. The lowest BCUT2D eigenvalue weighted by Crippen LogP contribution is -2.39. The second-order valence-corrected chi connectivity index (χ2v) is 7.86. The molecule has 0 saturated heterocycles. The molecule has 0 aliphatic heterocycles. The molecule has 0 aromatic heterocycles. The Morgan fingerprint density at radius 3 is 2.21 bits per heavy atom. The lowest BCUT2D eigenvalue weighted by Gasteiger charge is -2.34. The molecule has 1 heteroatoms. The summed E-state index contributed by atoms with van der Waals surface area (Å²) < 4.78 is 0. The van der Waals surface area contributed by atoms with Crippen LogP contribution < -0.4 is 5.32 Å². The normalized spacial score (nSPS) is 24.9. The highest BCUT2D eigenvalue weighted by Crippen LogP contribution is 2.30. The number of hydrogen-bond acceptors (Lipinski definition) is 1. The van der Waals surface area contributed by atoms with E-state index in [1.54, 1.807) is 0 Å². The SMILES string of the molecule is CCCCCC(C)(C)CNC1CCC(C(C)C)CC1. The Bertz CT molecular complexity index is 224. The van der Waals surface area contributed by atoms with Crippen molar-refractivity contribution in [1.29, 1.82) is 0 Å². The average molecular weight is 268 g/mol. The van der Waals surface area contributed by atoms with E-state index < -0.39 is 0 Å². The Morgan fingerprint density at radius 1 is 1.05 bits per heavy atom. The summed E-state index contributed by atoms with van der Waals surface area (Å²) >= 11 is 0. The number of hydrogen-bond donors (Lipinski definition) is 1. The molecule has 0 amide bonds. The summed E-state index contributed by atoms with van der Waals surface area (Å²) in [4.78, 5) is 0. The number of nitrogens with one attached hydrogen (secondary N) is 1. The van der Waals surface area contributed by atoms with Crippen LogP contribution in [0.3, 0.4) is 0 Å². The molecule has 0 heterocycles. The van der Waals surface area contributed by atoms with E-state index in [-0.39, 0.29) is 0 Å². The van der Waals surface area contributed by atoms with E-state index >= 15 is 0 Å². The van der Waals surface area contributed by atoms with E-state index in [0.29, 0.717) is 5.41 Å². The standard InChI is InChI=1S/C18H37N/c1-6-7-8-13-18(4,5)14-19-17-11-9-16(10-12-17)15(2)3/h15-17,19H,6-14H2,1-5H3. The second kappa shape index (κ2) is 8.29. The predicted molar refractivity (Wildman–Crippen MR) is 86.5 cm³/mol. The molecule has 1 saturated carbocycles. The molecule has 0 aromatic carbocycles. The number of rotatable bonds is 8. The molecule has 0 unspecified atom stereocenters. The highest BCUT2D eigenvalue weighted by molar-refractivity contribution is 4.81. The van der Waals surface area contributed by atoms with Crippen molar-refractivity contribution in [2.24, 2.45) is 17.3 Å². The van der Waals surface area contributed by atoms with Gasteiger partial charge in [-0.05, 0) is 49.4 Å². The molecule has 1 aliphatic carbocycles. The van der Waals surface area contributed by atoms with Crippen molar-refractivity contribution in [3.05, 3.63) is 0 Å². The van der Waals surface area contributed by atoms with Crippen molar-refractivity contribution in [2.75, 3.05) is 6.54 Å². The fraction of sp³-hybridized carbons (Fsp3) is 1.00. The third kappa shape index (κ3) is 6.79. The molecule has 0 radical (unpaired) electrons. The van der Waals surface area contributed by atoms with E-state index in [4.69, 9.17) is 0 Å². The van der Waals surface area contributed by atoms with Gasteiger partial charge in [-0.3, -0.25) is 0 Å². The smallest absolute Gasteiger partial charge is 0.00674 e. The molecule has 1 nitrogen and oxygen atoms in total. The average Bonchev–Trinajstić information content (AvgIpc) is 2.37. The summed E-state index contributed by atoms with van der Waals surface area (Å²) in [6.45, 7) is 13.1. The Hall–Kier alpha value is -0.0400. The number of unbranched alkanes of at least 4 members (excludes halogenated alkanes) is 2. The van der Waals surface area contributed by atoms with Gasteiger partial charge in [-0.15, -0.1) is 0 Å². The third-order valence-electron chi connectivity index (χ3n) is 5.04. The minimum atomic E-state index is 0.476. The van der Waals surface area contributed by atoms with Crippen molar-refractivity contribution >= 4 is 0 Å². The fourth-order valence-corrected chi connectivity index (χ4v) is 3.35. The Balaban J connectivity index is 2.18. The van der Waals surface area contributed by atoms with Gasteiger partial charge in [-0.25, -0.2) is 0 Å². The molecular formula is C18H37N. The molecule has 1 N–H and O–H groups in total. The quantitative estimate of drug-likeness (QED) is 0.581. The largest absolute Gasteiger partial charge is 0.313 e. The van der Waals surface area contributed by atoms with Crippen LogP contribution in [0.1, 0.15) is 86.0 Å². The van der Waals surface area contributed by atoms with Crippen molar-refractivity contribution in [3.63, 3.8) is 0 Å². The molecule has 1 fully saturated rings. The molecule has 0 aromatic rings. The van der Waals surface area contributed by atoms with Crippen LogP contribution in [-0.2, 0) is 0 Å². The minimum absolute atomic E-state index is 0.476. The van der Waals surface area contributed by atoms with Crippen molar-refractivity contribution < 1.29 is 0 Å². The highest BCUT2D eigenvalue weighted by Gasteiger charge is 2.25. The Morgan fingerprint density at radius 2 is 1.68 bits per heavy atom. The van der Waals surface area contributed by atoms with Crippen molar-refractivity contribution in [3.8, 4) is 0 Å². The Kier molecular flexibility index (Phi) is 7.42. The summed E-state index contributed by atoms with van der Waals surface area (Å²) in [6.07, 6.45) is 11.2. The zero-order chi connectivity index (χ0) is 14.3.